The van der Waals surface area contributed by atoms with Crippen molar-refractivity contribution in [3.8, 4) is 23.6 Å². The number of fused-ring (bicyclic) bond motifs is 10. The quantitative estimate of drug-likeness (QED) is 0.0523. The number of thiophene rings is 4. The number of benzene rings is 2. The highest BCUT2D eigenvalue weighted by Crippen LogP contribution is 2.61. The number of esters is 2. The molecule has 20 nitrogen and oxygen atoms in total. The average molecular weight is 1600 g/mol. The molecule has 9 aromatic rings. The molecule has 0 spiro atoms. The summed E-state index contributed by atoms with van der Waals surface area (Å²) in [5.41, 5.74) is 14.0. The smallest absolute Gasteiger partial charge is 0.341 e. The Bertz CT molecular complexity index is 4410. The highest BCUT2D eigenvalue weighted by atomic mass is 36.0. The number of nitrogens with zero attached hydrogens (tertiary/aromatic N) is 8. The molecule has 30 heteroatoms. The van der Waals surface area contributed by atoms with Gasteiger partial charge in [0.1, 0.15) is 72.3 Å². The largest absolute Gasteiger partial charge is 0.497 e. The maximum atomic E-state index is 11.8. The van der Waals surface area contributed by atoms with Crippen molar-refractivity contribution in [2.45, 2.75) is 176 Å². The summed E-state index contributed by atoms with van der Waals surface area (Å²) in [6, 6.07) is 19.3. The number of nitrogens with two attached hydrogens (primary N) is 1. The van der Waals surface area contributed by atoms with Gasteiger partial charge in [-0.05, 0) is 255 Å². The summed E-state index contributed by atoms with van der Waals surface area (Å²) in [6.07, 6.45) is 24.5. The van der Waals surface area contributed by atoms with Crippen molar-refractivity contribution in [2.24, 2.45) is 0 Å². The third-order valence-electron chi connectivity index (χ3n) is 16.3. The number of hydrogen-bond donors (Lipinski definition) is 3. The first-order valence-electron chi connectivity index (χ1n) is 33.8. The van der Waals surface area contributed by atoms with Crippen molar-refractivity contribution >= 4 is 180 Å². The van der Waals surface area contributed by atoms with Gasteiger partial charge in [-0.3, -0.25) is 14.2 Å². The van der Waals surface area contributed by atoms with Gasteiger partial charge in [0, 0.05) is 51.9 Å². The Kier molecular flexibility index (Phi) is 37.4. The number of ether oxygens (including phenoxy) is 4. The lowest BCUT2D eigenvalue weighted by molar-refractivity contribution is -0.141. The van der Waals surface area contributed by atoms with Crippen LogP contribution in [0.3, 0.4) is 0 Å². The van der Waals surface area contributed by atoms with Crippen LogP contribution >= 0.6 is 109 Å². The van der Waals surface area contributed by atoms with Gasteiger partial charge in [0.15, 0.2) is 0 Å². The van der Waals surface area contributed by atoms with E-state index < -0.39 is 11.2 Å². The van der Waals surface area contributed by atoms with Crippen LogP contribution in [0.15, 0.2) is 53.3 Å². The van der Waals surface area contributed by atoms with Crippen LogP contribution in [0.2, 0.25) is 5.15 Å². The van der Waals surface area contributed by atoms with E-state index in [4.69, 9.17) is 52.0 Å². The lowest BCUT2D eigenvalue weighted by Gasteiger charge is -2.21. The number of rotatable bonds is 9. The number of H-pyrrole nitrogens is 1. The van der Waals surface area contributed by atoms with E-state index in [-0.39, 0.29) is 31.4 Å². The molecular weight excluding hydrogens is 1510 g/mol. The summed E-state index contributed by atoms with van der Waals surface area (Å²) < 4.78 is 29.2. The lowest BCUT2D eigenvalue weighted by Crippen LogP contribution is -2.13. The van der Waals surface area contributed by atoms with Gasteiger partial charge in [0.25, 0.3) is 5.56 Å². The zero-order valence-electron chi connectivity index (χ0n) is 59.9. The number of ketones is 1. The molecular formula is C73H91Cl4N11O9PS5+. The number of halogens is 4. The van der Waals surface area contributed by atoms with Crippen molar-refractivity contribution in [2.75, 3.05) is 57.5 Å². The van der Waals surface area contributed by atoms with E-state index in [9.17, 15) is 23.7 Å². The molecule has 1 saturated carbocycles. The van der Waals surface area contributed by atoms with Crippen molar-refractivity contribution in [3.05, 3.63) is 135 Å². The van der Waals surface area contributed by atoms with Crippen LogP contribution in [0, 0.1) is 49.9 Å². The van der Waals surface area contributed by atoms with E-state index in [1.54, 1.807) is 73.7 Å². The SMILES string of the molecule is CC#N.CCOC(=O)CC#N.CCOC(=O)c1c(N)sc2c1CCCC2.CNc1ccc(OC)cc1.COc1ccc(N(C)c2nc(C)nc3sc4c(c23)CCCC4)cc1.Cc1nc(Cl)c2c3c(sc2n1)CCCC3.Cc1nc2sc3c(c2c(=O)[nH]1)CCCC3.O=C1[CH+]CCCC1.O=P(Cl)(Cl)Cl.S. The number of carbonyl (C=O) groups excluding carboxylic acids is 3. The maximum Gasteiger partial charge on any atom is 0.341 e. The minimum atomic E-state index is -3.22. The summed E-state index contributed by atoms with van der Waals surface area (Å²) in [4.78, 5) is 80.5. The number of nitrogens with one attached hydrogen (secondary N) is 2. The number of carbonyl (C=O) groups is 3. The first kappa shape index (κ1) is 86.9. The van der Waals surface area contributed by atoms with Crippen molar-refractivity contribution < 1.29 is 37.9 Å². The summed E-state index contributed by atoms with van der Waals surface area (Å²) >= 11 is 26.9. The molecule has 0 amide bonds. The summed E-state index contributed by atoms with van der Waals surface area (Å²) in [7, 11) is 7.32. The molecule has 0 aliphatic heterocycles. The molecule has 7 heterocycles. The van der Waals surface area contributed by atoms with Crippen LogP contribution in [0.25, 0.3) is 30.6 Å². The van der Waals surface area contributed by atoms with E-state index in [1.165, 1.54) is 113 Å². The van der Waals surface area contributed by atoms with Crippen LogP contribution < -0.4 is 31.0 Å². The number of anilines is 4. The minimum Gasteiger partial charge on any atom is -0.497 e. The molecule has 0 unspecified atom stereocenters. The molecule has 0 atom stereocenters. The normalized spacial score (nSPS) is 13.5. The fourth-order valence-corrected chi connectivity index (χ4v) is 17.2. The monoisotopic (exact) mass is 1600 g/mol. The first-order valence-corrected chi connectivity index (χ1v) is 41.9. The number of aryl methyl sites for hydroxylation is 10. The minimum absolute atomic E-state index is 0. The number of aromatic amines is 1. The van der Waals surface area contributed by atoms with Gasteiger partial charge in [-0.25, -0.2) is 34.5 Å². The van der Waals surface area contributed by atoms with Gasteiger partial charge in [-0.15, -0.1) is 45.3 Å². The Hall–Kier alpha value is -6.74. The van der Waals surface area contributed by atoms with Crippen molar-refractivity contribution in [1.29, 1.82) is 10.5 Å². The molecule has 5 aliphatic carbocycles. The zero-order valence-corrected chi connectivity index (χ0v) is 68.1. The van der Waals surface area contributed by atoms with E-state index in [2.05, 4.69) is 87.8 Å². The average Bonchev–Trinajstić information content (AvgIpc) is 1.66. The number of nitriles is 2. The third-order valence-corrected chi connectivity index (χ3v) is 21.3. The Balaban J connectivity index is 0.000000218. The van der Waals surface area contributed by atoms with Crippen LogP contribution in [0.1, 0.15) is 174 Å². The lowest BCUT2D eigenvalue weighted by atomic mass is 9.95. The molecule has 5 aliphatic rings. The van der Waals surface area contributed by atoms with Crippen LogP contribution in [0.5, 0.6) is 11.5 Å². The summed E-state index contributed by atoms with van der Waals surface area (Å²) in [5.74, 6) is 4.72. The molecule has 4 N–H and O–H groups in total. The predicted molar refractivity (Wildman–Crippen MR) is 431 cm³/mol. The standard InChI is InChI=1S/C19H21N3OS.C11H11ClN2S.C11H12N2OS.C11H15NO2S.C8H11NO.C6H9O.C5H7NO2.C2H3N.Cl3OP.H2S/c1-12-20-18(22(2)13-8-10-14(23-3)11-9-13)17-15-6-4-5-7-16(15)24-19(17)21-12;1-6-13-10(12)9-7-4-2-3-5-8(7)15-11(9)14-6;1-6-12-10(14)9-7-4-2-3-5-8(7)15-11(9)13-6;1-2-14-11(13)9-7-5-3-4-6-8(7)15-10(9)12;1-9-7-3-5-8(10-2)6-4-7;7-6-4-2-1-3-5-6;1-2-8-5(7)3-4-6;1-2-3;1-5(2,3)4;/h8-11H,4-7H2,1-3H3;2-5H2,1H3;2-5H2,1H3,(H,12,13,14);2-6,12H2,1H3;3-6,9H,1-2H3;4H,1-3,5H2;2-3H2,1H3;1H3;;1H2/q;;;;;+1;;;;. The molecule has 2 aromatic carbocycles. The number of Topliss-reactive ketones (excluding diaryl/α,β-unsaturated/α-hetero) is 1. The van der Waals surface area contributed by atoms with Crippen LogP contribution in [-0.4, -0.2) is 89.2 Å². The molecule has 1 fully saturated rings. The van der Waals surface area contributed by atoms with E-state index >= 15 is 0 Å². The highest BCUT2D eigenvalue weighted by molar-refractivity contribution is 8.24. The molecule has 0 radical (unpaired) electrons. The molecule has 7 aromatic heterocycles. The number of hydrogen-bond acceptors (Lipinski definition) is 23. The molecule has 103 heavy (non-hydrogen) atoms. The van der Waals surface area contributed by atoms with Crippen molar-refractivity contribution in [1.82, 2.24) is 29.9 Å². The highest BCUT2D eigenvalue weighted by Gasteiger charge is 2.27. The van der Waals surface area contributed by atoms with Crippen LogP contribution in [-0.2, 0) is 75.0 Å². The molecule has 0 saturated heterocycles. The van der Waals surface area contributed by atoms with Gasteiger partial charge in [-0.1, -0.05) is 11.6 Å². The number of methoxy groups -OCH3 is 2. The van der Waals surface area contributed by atoms with E-state index in [0.29, 0.717) is 40.5 Å². The van der Waals surface area contributed by atoms with Gasteiger partial charge >= 0.3 is 22.9 Å². The molecule has 0 bridgehead atoms. The second kappa shape index (κ2) is 44.3. The van der Waals surface area contributed by atoms with Crippen LogP contribution in [0.4, 0.5) is 22.2 Å². The summed E-state index contributed by atoms with van der Waals surface area (Å²) in [5, 5.41) is 19.5. The number of nitrogen functional groups attached to an aromatic ring is 1. The fourth-order valence-electron chi connectivity index (χ4n) is 11.8. The van der Waals surface area contributed by atoms with E-state index in [1.807, 2.05) is 82.5 Å². The number of aromatic nitrogens is 6. The van der Waals surface area contributed by atoms with E-state index in [0.717, 1.165) is 135 Å². The molecule has 14 rings (SSSR count). The Labute approximate surface area is 645 Å². The second-order valence-corrected chi connectivity index (χ2v) is 35.0. The van der Waals surface area contributed by atoms with Gasteiger partial charge in [0.2, 0.25) is 0 Å². The van der Waals surface area contributed by atoms with Gasteiger partial charge < -0.3 is 39.9 Å². The topological polar surface area (TPSA) is 291 Å². The summed E-state index contributed by atoms with van der Waals surface area (Å²) in [6.45, 7) is 11.4. The Morgan fingerprint density at radius 2 is 1.09 bits per heavy atom. The second-order valence-electron chi connectivity index (χ2n) is 23.6. The Morgan fingerprint density at radius 3 is 1.54 bits per heavy atom. The first-order chi connectivity index (χ1) is 48.9. The fraction of sp³-hybridized carbons (Fsp3) is 0.452. The maximum absolute atomic E-state index is 11.8. The van der Waals surface area contributed by atoms with Gasteiger partial charge in [0.05, 0.1) is 74.1 Å². The Morgan fingerprint density at radius 1 is 0.650 bits per heavy atom. The van der Waals surface area contributed by atoms with Gasteiger partial charge in [-0.2, -0.15) is 24.0 Å². The zero-order chi connectivity index (χ0) is 74.5. The molecule has 554 valence electrons. The predicted octanol–water partition coefficient (Wildman–Crippen LogP) is 19.7. The van der Waals surface area contributed by atoms with Crippen molar-refractivity contribution in [3.63, 3.8) is 0 Å². The third kappa shape index (κ3) is 26.7.